The van der Waals surface area contributed by atoms with Crippen molar-refractivity contribution in [2.45, 2.75) is 44.4 Å². The molecule has 0 unspecified atom stereocenters. The fraction of sp³-hybridized carbons (Fsp3) is 0.556. The lowest BCUT2D eigenvalue weighted by atomic mass is 10.2. The lowest BCUT2D eigenvalue weighted by molar-refractivity contribution is -0.125. The van der Waals surface area contributed by atoms with Crippen LogP contribution < -0.4 is 5.32 Å². The second-order valence-corrected chi connectivity index (χ2v) is 6.27. The summed E-state index contributed by atoms with van der Waals surface area (Å²) in [5.74, 6) is -0.111. The van der Waals surface area contributed by atoms with Gasteiger partial charge in [0.25, 0.3) is 0 Å². The Bertz CT molecular complexity index is 557. The van der Waals surface area contributed by atoms with Gasteiger partial charge in [-0.3, -0.25) is 9.69 Å². The average molecular weight is 332 g/mol. The van der Waals surface area contributed by atoms with Gasteiger partial charge in [-0.05, 0) is 31.2 Å². The highest BCUT2D eigenvalue weighted by Crippen LogP contribution is 2.19. The first-order valence-electron chi connectivity index (χ1n) is 8.60. The molecule has 0 aromatic heterocycles. The van der Waals surface area contributed by atoms with Crippen molar-refractivity contribution in [1.29, 1.82) is 0 Å². The minimum atomic E-state index is -0.435. The molecule has 6 heteroatoms. The van der Waals surface area contributed by atoms with Gasteiger partial charge in [0.05, 0.1) is 6.10 Å². The number of amides is 2. The highest BCUT2D eigenvalue weighted by atomic mass is 16.6. The van der Waals surface area contributed by atoms with Gasteiger partial charge in [-0.1, -0.05) is 30.3 Å². The van der Waals surface area contributed by atoms with Gasteiger partial charge in [0.15, 0.2) is 0 Å². The van der Waals surface area contributed by atoms with Gasteiger partial charge in [0, 0.05) is 19.7 Å². The van der Waals surface area contributed by atoms with E-state index in [2.05, 4.69) is 5.32 Å². The van der Waals surface area contributed by atoms with E-state index < -0.39 is 12.1 Å². The number of nitrogens with zero attached hydrogens (tertiary/aromatic N) is 1. The van der Waals surface area contributed by atoms with Gasteiger partial charge in [0.1, 0.15) is 12.6 Å². The number of likely N-dealkylation sites (tertiary alicyclic amines) is 1. The zero-order valence-electron chi connectivity index (χ0n) is 13.8. The smallest absolute Gasteiger partial charge is 0.410 e. The molecular formula is C18H24N2O4. The minimum Gasteiger partial charge on any atom is -0.445 e. The van der Waals surface area contributed by atoms with Gasteiger partial charge < -0.3 is 14.8 Å². The summed E-state index contributed by atoms with van der Waals surface area (Å²) in [7, 11) is 0. The van der Waals surface area contributed by atoms with Crippen molar-refractivity contribution in [3.05, 3.63) is 35.9 Å². The Morgan fingerprint density at radius 1 is 1.21 bits per heavy atom. The van der Waals surface area contributed by atoms with E-state index in [-0.39, 0.29) is 18.6 Å². The van der Waals surface area contributed by atoms with E-state index in [0.717, 1.165) is 31.4 Å². The lowest BCUT2D eigenvalue weighted by Crippen LogP contribution is -2.47. The Balaban J connectivity index is 1.48. The Morgan fingerprint density at radius 3 is 2.79 bits per heavy atom. The average Bonchev–Trinajstić information content (AvgIpc) is 3.30. The van der Waals surface area contributed by atoms with Crippen LogP contribution in [-0.4, -0.2) is 48.7 Å². The highest BCUT2D eigenvalue weighted by molar-refractivity contribution is 5.86. The van der Waals surface area contributed by atoms with Crippen molar-refractivity contribution >= 4 is 12.0 Å². The van der Waals surface area contributed by atoms with Gasteiger partial charge in [-0.25, -0.2) is 4.79 Å². The molecule has 2 aliphatic heterocycles. The van der Waals surface area contributed by atoms with Gasteiger partial charge >= 0.3 is 6.09 Å². The number of carbonyl (C=O) groups excluding carboxylic acids is 2. The molecule has 0 spiro atoms. The Labute approximate surface area is 142 Å². The number of hydrogen-bond acceptors (Lipinski definition) is 4. The minimum absolute atomic E-state index is 0.105. The number of nitrogens with one attached hydrogen (secondary N) is 1. The van der Waals surface area contributed by atoms with E-state index in [0.29, 0.717) is 19.5 Å². The summed E-state index contributed by atoms with van der Waals surface area (Å²) in [6, 6.07) is 9.10. The summed E-state index contributed by atoms with van der Waals surface area (Å²) in [5, 5.41) is 2.91. The van der Waals surface area contributed by atoms with Gasteiger partial charge in [-0.2, -0.15) is 0 Å². The van der Waals surface area contributed by atoms with Crippen molar-refractivity contribution in [1.82, 2.24) is 10.2 Å². The van der Waals surface area contributed by atoms with Crippen molar-refractivity contribution in [2.24, 2.45) is 0 Å². The zero-order chi connectivity index (χ0) is 16.8. The van der Waals surface area contributed by atoms with E-state index in [4.69, 9.17) is 9.47 Å². The predicted octanol–water partition coefficient (Wildman–Crippen LogP) is 2.08. The Hall–Kier alpha value is -2.08. The van der Waals surface area contributed by atoms with Gasteiger partial charge in [-0.15, -0.1) is 0 Å². The molecule has 0 aliphatic carbocycles. The third-order valence-electron chi connectivity index (χ3n) is 4.52. The lowest BCUT2D eigenvalue weighted by Gasteiger charge is -2.24. The summed E-state index contributed by atoms with van der Waals surface area (Å²) in [4.78, 5) is 26.2. The largest absolute Gasteiger partial charge is 0.445 e. The molecule has 130 valence electrons. The van der Waals surface area contributed by atoms with Crippen LogP contribution in [0.15, 0.2) is 30.3 Å². The molecule has 0 radical (unpaired) electrons. The van der Waals surface area contributed by atoms with E-state index in [1.54, 1.807) is 0 Å². The fourth-order valence-electron chi connectivity index (χ4n) is 3.20. The van der Waals surface area contributed by atoms with E-state index in [9.17, 15) is 9.59 Å². The van der Waals surface area contributed by atoms with Crippen LogP contribution in [0.4, 0.5) is 4.79 Å². The Kier molecular flexibility index (Phi) is 5.69. The van der Waals surface area contributed by atoms with Crippen LogP contribution >= 0.6 is 0 Å². The SMILES string of the molecule is O=C(NC[C@H]1CCCO1)[C@H]1CCCN1C(=O)OCc1ccccc1. The first-order valence-corrected chi connectivity index (χ1v) is 8.60. The van der Waals surface area contributed by atoms with Crippen LogP contribution in [0.5, 0.6) is 0 Å². The van der Waals surface area contributed by atoms with Crippen LogP contribution in [0.1, 0.15) is 31.2 Å². The number of ether oxygens (including phenoxy) is 2. The first-order chi connectivity index (χ1) is 11.7. The summed E-state index contributed by atoms with van der Waals surface area (Å²) in [6.45, 7) is 2.07. The molecule has 2 amide bonds. The molecule has 2 fully saturated rings. The molecule has 1 N–H and O–H groups in total. The molecule has 2 heterocycles. The maximum Gasteiger partial charge on any atom is 0.410 e. The molecule has 2 atom stereocenters. The monoisotopic (exact) mass is 332 g/mol. The molecule has 2 aliphatic rings. The molecule has 2 saturated heterocycles. The molecule has 1 aromatic rings. The fourth-order valence-corrected chi connectivity index (χ4v) is 3.20. The van der Waals surface area contributed by atoms with E-state index in [1.807, 2.05) is 30.3 Å². The highest BCUT2D eigenvalue weighted by Gasteiger charge is 2.35. The molecule has 0 saturated carbocycles. The topological polar surface area (TPSA) is 67.9 Å². The van der Waals surface area contributed by atoms with Gasteiger partial charge in [0.2, 0.25) is 5.91 Å². The van der Waals surface area contributed by atoms with Crippen molar-refractivity contribution in [3.63, 3.8) is 0 Å². The third kappa shape index (κ3) is 4.26. The maximum atomic E-state index is 12.4. The van der Waals surface area contributed by atoms with Crippen LogP contribution in [0.25, 0.3) is 0 Å². The van der Waals surface area contributed by atoms with Crippen LogP contribution in [-0.2, 0) is 20.9 Å². The summed E-state index contributed by atoms with van der Waals surface area (Å²) in [5.41, 5.74) is 0.935. The van der Waals surface area contributed by atoms with Crippen LogP contribution in [0, 0.1) is 0 Å². The molecule has 3 rings (SSSR count). The number of carbonyl (C=O) groups is 2. The number of benzene rings is 1. The molecule has 0 bridgehead atoms. The van der Waals surface area contributed by atoms with Crippen molar-refractivity contribution in [3.8, 4) is 0 Å². The van der Waals surface area contributed by atoms with Crippen LogP contribution in [0.2, 0.25) is 0 Å². The van der Waals surface area contributed by atoms with Crippen molar-refractivity contribution in [2.75, 3.05) is 19.7 Å². The molecule has 1 aromatic carbocycles. The summed E-state index contributed by atoms with van der Waals surface area (Å²) >= 11 is 0. The summed E-state index contributed by atoms with van der Waals surface area (Å²) < 4.78 is 10.9. The second kappa shape index (κ2) is 8.15. The number of hydrogen-bond donors (Lipinski definition) is 1. The summed E-state index contributed by atoms with van der Waals surface area (Å²) in [6.07, 6.45) is 3.20. The molecule has 6 nitrogen and oxygen atoms in total. The standard InChI is InChI=1S/C18H24N2O4/c21-17(19-12-15-8-5-11-23-15)16-9-4-10-20(16)18(22)24-13-14-6-2-1-3-7-14/h1-3,6-7,15-16H,4-5,8-13H2,(H,19,21)/t15-,16-/m1/s1. The third-order valence-corrected chi connectivity index (χ3v) is 4.52. The Morgan fingerprint density at radius 2 is 2.04 bits per heavy atom. The second-order valence-electron chi connectivity index (χ2n) is 6.27. The van der Waals surface area contributed by atoms with Crippen LogP contribution in [0.3, 0.4) is 0 Å². The molecule has 24 heavy (non-hydrogen) atoms. The quantitative estimate of drug-likeness (QED) is 0.896. The maximum absolute atomic E-state index is 12.4. The van der Waals surface area contributed by atoms with E-state index in [1.165, 1.54) is 4.90 Å². The molecular weight excluding hydrogens is 308 g/mol. The predicted molar refractivity (Wildman–Crippen MR) is 88.3 cm³/mol. The zero-order valence-corrected chi connectivity index (χ0v) is 13.8. The first kappa shape index (κ1) is 16.8. The van der Waals surface area contributed by atoms with E-state index >= 15 is 0 Å². The number of rotatable bonds is 5. The normalized spacial score (nSPS) is 23.2. The van der Waals surface area contributed by atoms with Crippen molar-refractivity contribution < 1.29 is 19.1 Å².